The first-order chi connectivity index (χ1) is 9.68. The van der Waals surface area contributed by atoms with Gasteiger partial charge in [0.05, 0.1) is 16.5 Å². The zero-order chi connectivity index (χ0) is 15.8. The average molecular weight is 319 g/mol. The number of rotatable bonds is 4. The molecule has 0 aliphatic heterocycles. The third-order valence-electron chi connectivity index (χ3n) is 3.43. The van der Waals surface area contributed by atoms with E-state index < -0.39 is 22.7 Å². The van der Waals surface area contributed by atoms with E-state index in [9.17, 15) is 17.4 Å². The molecule has 3 nitrogen and oxygen atoms in total. The molecule has 0 spiro atoms. The van der Waals surface area contributed by atoms with Gasteiger partial charge >= 0.3 is 6.18 Å². The summed E-state index contributed by atoms with van der Waals surface area (Å²) in [5.41, 5.74) is -0.294. The number of furan rings is 1. The minimum absolute atomic E-state index is 0.0748. The Morgan fingerprint density at radius 2 is 1.95 bits per heavy atom. The summed E-state index contributed by atoms with van der Waals surface area (Å²) in [7, 11) is -1.43. The van der Waals surface area contributed by atoms with Gasteiger partial charge in [0.15, 0.2) is 0 Å². The molecular weight excluding hydrogens is 303 g/mol. The Bertz CT molecular complexity index is 666. The van der Waals surface area contributed by atoms with Crippen molar-refractivity contribution in [3.05, 3.63) is 35.6 Å². The molecule has 2 rings (SSSR count). The fourth-order valence-corrected chi connectivity index (χ4v) is 2.67. The molecule has 1 heterocycles. The molecule has 7 heteroatoms. The van der Waals surface area contributed by atoms with Crippen molar-refractivity contribution in [2.75, 3.05) is 0 Å². The molecule has 0 saturated heterocycles. The van der Waals surface area contributed by atoms with Crippen molar-refractivity contribution >= 4 is 22.0 Å². The van der Waals surface area contributed by atoms with Gasteiger partial charge < -0.3 is 4.42 Å². The average Bonchev–Trinajstić information content (AvgIpc) is 2.80. The second kappa shape index (κ2) is 5.81. The summed E-state index contributed by atoms with van der Waals surface area (Å²) in [6.07, 6.45) is -3.84. The Hall–Kier alpha value is -1.34. The quantitative estimate of drug-likeness (QED) is 0.927. The summed E-state index contributed by atoms with van der Waals surface area (Å²) in [4.78, 5) is 0. The second-order valence-electron chi connectivity index (χ2n) is 5.18. The van der Waals surface area contributed by atoms with Crippen molar-refractivity contribution in [3.8, 4) is 0 Å². The fourth-order valence-electron chi connectivity index (χ4n) is 2.19. The first-order valence-electron chi connectivity index (χ1n) is 6.44. The molecule has 0 amide bonds. The molecule has 0 aliphatic rings. The Labute approximate surface area is 122 Å². The Balaban J connectivity index is 2.28. The minimum Gasteiger partial charge on any atom is -0.461 e. The molecule has 1 aromatic carbocycles. The topological polar surface area (TPSA) is 56.2 Å². The molecule has 2 unspecified atom stereocenters. The minimum atomic E-state index is -4.37. The van der Waals surface area contributed by atoms with Crippen molar-refractivity contribution < 1.29 is 21.8 Å². The van der Waals surface area contributed by atoms with Gasteiger partial charge in [0.2, 0.25) is 0 Å². The van der Waals surface area contributed by atoms with E-state index in [1.807, 2.05) is 6.92 Å². The summed E-state index contributed by atoms with van der Waals surface area (Å²) < 4.78 is 54.7. The van der Waals surface area contributed by atoms with Crippen LogP contribution in [0.1, 0.15) is 37.5 Å². The summed E-state index contributed by atoms with van der Waals surface area (Å²) in [5, 5.41) is 5.52. The maximum absolute atomic E-state index is 12.7. The monoisotopic (exact) mass is 319 g/mol. The van der Waals surface area contributed by atoms with E-state index in [1.54, 1.807) is 13.0 Å². The molecule has 2 aromatic rings. The van der Waals surface area contributed by atoms with Crippen LogP contribution in [0.25, 0.3) is 11.0 Å². The van der Waals surface area contributed by atoms with Crippen LogP contribution >= 0.6 is 0 Å². The van der Waals surface area contributed by atoms with Gasteiger partial charge in [-0.05, 0) is 37.6 Å². The molecule has 0 radical (unpaired) electrons. The van der Waals surface area contributed by atoms with E-state index >= 15 is 0 Å². The Kier molecular flexibility index (Phi) is 4.43. The number of hydrogen-bond acceptors (Lipinski definition) is 2. The van der Waals surface area contributed by atoms with Crippen LogP contribution in [0.3, 0.4) is 0 Å². The van der Waals surface area contributed by atoms with Crippen molar-refractivity contribution in [1.82, 2.24) is 0 Å². The first-order valence-corrected chi connectivity index (χ1v) is 7.71. The molecule has 0 bridgehead atoms. The van der Waals surface area contributed by atoms with Gasteiger partial charge in [-0.2, -0.15) is 13.2 Å². The molecule has 2 N–H and O–H groups in total. The lowest BCUT2D eigenvalue weighted by atomic mass is 10.0. The molecular formula is C14H16F3NO2S. The molecule has 116 valence electrons. The van der Waals surface area contributed by atoms with Gasteiger partial charge in [-0.3, -0.25) is 5.14 Å². The van der Waals surface area contributed by atoms with Crippen molar-refractivity contribution in [2.45, 2.75) is 37.6 Å². The maximum atomic E-state index is 12.7. The van der Waals surface area contributed by atoms with Crippen LogP contribution < -0.4 is 5.14 Å². The van der Waals surface area contributed by atoms with E-state index in [4.69, 9.17) is 9.56 Å². The molecule has 0 saturated carbocycles. The predicted molar refractivity (Wildman–Crippen MR) is 76.0 cm³/mol. The van der Waals surface area contributed by atoms with Gasteiger partial charge in [-0.1, -0.05) is 6.92 Å². The van der Waals surface area contributed by atoms with Crippen LogP contribution in [-0.2, 0) is 17.2 Å². The van der Waals surface area contributed by atoms with E-state index in [-0.39, 0.29) is 11.2 Å². The number of benzene rings is 1. The summed E-state index contributed by atoms with van der Waals surface area (Å²) >= 11 is 0. The number of halogens is 3. The fraction of sp³-hybridized carbons (Fsp3) is 0.429. The summed E-state index contributed by atoms with van der Waals surface area (Å²) in [6, 6.07) is 4.98. The van der Waals surface area contributed by atoms with Gasteiger partial charge in [0, 0.05) is 16.6 Å². The number of nitrogens with two attached hydrogens (primary N) is 1. The molecule has 0 fully saturated rings. The lowest BCUT2D eigenvalue weighted by molar-refractivity contribution is -0.137. The van der Waals surface area contributed by atoms with Crippen molar-refractivity contribution in [3.63, 3.8) is 0 Å². The predicted octanol–water partition coefficient (Wildman–Crippen LogP) is 3.96. The highest BCUT2D eigenvalue weighted by Gasteiger charge is 2.30. The van der Waals surface area contributed by atoms with E-state index in [2.05, 4.69) is 0 Å². The number of alkyl halides is 3. The summed E-state index contributed by atoms with van der Waals surface area (Å²) in [5.74, 6) is 0.496. The number of hydrogen-bond donors (Lipinski definition) is 1. The largest absolute Gasteiger partial charge is 0.461 e. The van der Waals surface area contributed by atoms with Gasteiger partial charge in [0.1, 0.15) is 11.3 Å². The van der Waals surface area contributed by atoms with Crippen molar-refractivity contribution in [2.24, 2.45) is 5.14 Å². The van der Waals surface area contributed by atoms with Crippen LogP contribution in [0.15, 0.2) is 28.7 Å². The summed E-state index contributed by atoms with van der Waals surface area (Å²) in [6.45, 7) is 3.63. The third-order valence-corrected chi connectivity index (χ3v) is 4.42. The van der Waals surface area contributed by atoms with E-state index in [1.165, 1.54) is 6.07 Å². The normalized spacial score (nSPS) is 16.9. The van der Waals surface area contributed by atoms with Crippen LogP contribution in [0.4, 0.5) is 13.2 Å². The highest BCUT2D eigenvalue weighted by molar-refractivity contribution is 7.83. The lowest BCUT2D eigenvalue weighted by Crippen LogP contribution is -2.20. The van der Waals surface area contributed by atoms with Gasteiger partial charge in [-0.25, -0.2) is 4.21 Å². The van der Waals surface area contributed by atoms with Crippen LogP contribution in [0, 0.1) is 0 Å². The second-order valence-corrected chi connectivity index (χ2v) is 6.64. The zero-order valence-corrected chi connectivity index (χ0v) is 12.4. The number of fused-ring (bicyclic) bond motifs is 1. The molecule has 0 aliphatic carbocycles. The third kappa shape index (κ3) is 3.65. The zero-order valence-electron chi connectivity index (χ0n) is 11.6. The smallest absolute Gasteiger partial charge is 0.416 e. The Morgan fingerprint density at radius 1 is 1.29 bits per heavy atom. The molecule has 3 atom stereocenters. The standard InChI is InChI=1S/C14H16F3NO2S/c1-8(5-9(2)21(18)19)13-7-10-6-11(14(15,16)17)3-4-12(10)20-13/h3-4,6-9H,5,18H2,1-2H3/t8-,9?,21?/m1/s1. The van der Waals surface area contributed by atoms with Crippen molar-refractivity contribution in [1.29, 1.82) is 0 Å². The van der Waals surface area contributed by atoms with Crippen LogP contribution in [0.2, 0.25) is 0 Å². The molecule has 1 aromatic heterocycles. The SMILES string of the molecule is CC(C[C@@H](C)c1cc2cc(C(F)(F)F)ccc2o1)S(N)=O. The van der Waals surface area contributed by atoms with E-state index in [0.717, 1.165) is 12.1 Å². The van der Waals surface area contributed by atoms with Crippen LogP contribution in [0.5, 0.6) is 0 Å². The molecule has 21 heavy (non-hydrogen) atoms. The first kappa shape index (κ1) is 16.0. The van der Waals surface area contributed by atoms with E-state index in [0.29, 0.717) is 23.2 Å². The highest BCUT2D eigenvalue weighted by atomic mass is 32.2. The Morgan fingerprint density at radius 3 is 2.52 bits per heavy atom. The van der Waals surface area contributed by atoms with Crippen LogP contribution in [-0.4, -0.2) is 9.46 Å². The highest BCUT2D eigenvalue weighted by Crippen LogP contribution is 2.34. The maximum Gasteiger partial charge on any atom is 0.416 e. The van der Waals surface area contributed by atoms with Gasteiger partial charge in [-0.15, -0.1) is 0 Å². The lowest BCUT2D eigenvalue weighted by Gasteiger charge is -2.12. The van der Waals surface area contributed by atoms with Gasteiger partial charge in [0.25, 0.3) is 0 Å².